The van der Waals surface area contributed by atoms with E-state index >= 15 is 0 Å². The fourth-order valence-electron chi connectivity index (χ4n) is 3.61. The lowest BCUT2D eigenvalue weighted by Gasteiger charge is -2.34. The molecule has 0 radical (unpaired) electrons. The van der Waals surface area contributed by atoms with Crippen molar-refractivity contribution in [2.45, 2.75) is 32.9 Å². The van der Waals surface area contributed by atoms with E-state index in [-0.39, 0.29) is 25.3 Å². The molecule has 144 valence electrons. The van der Waals surface area contributed by atoms with Gasteiger partial charge in [0.2, 0.25) is 6.19 Å². The van der Waals surface area contributed by atoms with Crippen LogP contribution in [-0.2, 0) is 26.9 Å². The SMILES string of the molecule is Cc1cc(C)c2c(c1)CO[P@@](=O)(N1C(=NC#N)OC[C@H]1Cc1ccccc1)O2. The summed E-state index contributed by atoms with van der Waals surface area (Å²) in [6.45, 7) is 4.30. The number of ether oxygens (including phenoxy) is 1. The molecule has 0 bridgehead atoms. The predicted octanol–water partition coefficient (Wildman–Crippen LogP) is 4.10. The van der Waals surface area contributed by atoms with Gasteiger partial charge in [-0.2, -0.15) is 5.26 Å². The summed E-state index contributed by atoms with van der Waals surface area (Å²) in [5.41, 5.74) is 3.87. The largest absolute Gasteiger partial charge is 0.493 e. The number of hydrogen-bond acceptors (Lipinski definition) is 6. The van der Waals surface area contributed by atoms with Crippen molar-refractivity contribution in [3.63, 3.8) is 0 Å². The minimum Gasteiger partial charge on any atom is -0.462 e. The molecule has 2 heterocycles. The average molecular weight is 397 g/mol. The molecule has 0 aliphatic carbocycles. The molecule has 0 N–H and O–H groups in total. The van der Waals surface area contributed by atoms with Crippen LogP contribution in [0.5, 0.6) is 5.75 Å². The van der Waals surface area contributed by atoms with Gasteiger partial charge < -0.3 is 9.26 Å². The first-order valence-electron chi connectivity index (χ1n) is 8.97. The number of fused-ring (bicyclic) bond motifs is 1. The van der Waals surface area contributed by atoms with E-state index in [0.29, 0.717) is 12.2 Å². The molecule has 2 aliphatic rings. The summed E-state index contributed by atoms with van der Waals surface area (Å²) in [5, 5.41) is 9.02. The van der Waals surface area contributed by atoms with Gasteiger partial charge in [-0.05, 0) is 31.4 Å². The minimum atomic E-state index is -3.79. The maximum Gasteiger partial charge on any atom is 0.493 e. The van der Waals surface area contributed by atoms with E-state index in [1.165, 1.54) is 4.67 Å². The zero-order valence-corrected chi connectivity index (χ0v) is 16.6. The standard InChI is InChI=1S/C20H20N3O4P/c1-14-8-15(2)19-17(9-14)11-26-28(24,27-19)23-18(12-25-20(23)22-13-21)10-16-6-4-3-5-7-16/h3-9,18H,10-12H2,1-2H3/t18-,28+/m1/s1. The molecule has 0 saturated carbocycles. The lowest BCUT2D eigenvalue weighted by Crippen LogP contribution is -2.36. The molecule has 0 unspecified atom stereocenters. The molecule has 28 heavy (non-hydrogen) atoms. The van der Waals surface area contributed by atoms with Crippen LogP contribution in [0.15, 0.2) is 47.5 Å². The highest BCUT2D eigenvalue weighted by Gasteiger charge is 2.50. The Morgan fingerprint density at radius 1 is 1.29 bits per heavy atom. The van der Waals surface area contributed by atoms with E-state index in [1.807, 2.05) is 56.3 Å². The molecule has 8 heteroatoms. The Labute approximate surface area is 163 Å². The van der Waals surface area contributed by atoms with Crippen LogP contribution in [0.2, 0.25) is 0 Å². The van der Waals surface area contributed by atoms with Gasteiger partial charge in [0.1, 0.15) is 12.4 Å². The average Bonchev–Trinajstić information content (AvgIpc) is 3.07. The van der Waals surface area contributed by atoms with Crippen LogP contribution in [0, 0.1) is 25.3 Å². The van der Waals surface area contributed by atoms with Crippen molar-refractivity contribution in [2.24, 2.45) is 4.99 Å². The van der Waals surface area contributed by atoms with Crippen LogP contribution in [0.3, 0.4) is 0 Å². The highest BCUT2D eigenvalue weighted by molar-refractivity contribution is 7.52. The molecule has 2 aliphatic heterocycles. The number of hydrogen-bond donors (Lipinski definition) is 0. The van der Waals surface area contributed by atoms with Gasteiger partial charge in [0.05, 0.1) is 12.6 Å². The quantitative estimate of drug-likeness (QED) is 0.573. The fourth-order valence-corrected chi connectivity index (χ4v) is 5.53. The summed E-state index contributed by atoms with van der Waals surface area (Å²) in [4.78, 5) is 3.70. The molecule has 4 rings (SSSR count). The Morgan fingerprint density at radius 2 is 2.07 bits per heavy atom. The van der Waals surface area contributed by atoms with Crippen LogP contribution in [-0.4, -0.2) is 23.3 Å². The topological polar surface area (TPSA) is 84.2 Å². The number of nitrogens with zero attached hydrogens (tertiary/aromatic N) is 3. The lowest BCUT2D eigenvalue weighted by atomic mass is 10.1. The molecule has 1 saturated heterocycles. The Bertz CT molecular complexity index is 1020. The Kier molecular flexibility index (Phi) is 4.84. The maximum atomic E-state index is 13.7. The summed E-state index contributed by atoms with van der Waals surface area (Å²) in [7, 11) is -3.79. The first-order valence-corrected chi connectivity index (χ1v) is 10.5. The second-order valence-corrected chi connectivity index (χ2v) is 8.71. The fraction of sp³-hybridized carbons (Fsp3) is 0.300. The van der Waals surface area contributed by atoms with Crippen molar-refractivity contribution < 1.29 is 18.3 Å². The Balaban J connectivity index is 1.69. The van der Waals surface area contributed by atoms with E-state index in [0.717, 1.165) is 22.3 Å². The van der Waals surface area contributed by atoms with Crippen LogP contribution in [0.4, 0.5) is 0 Å². The second-order valence-electron chi connectivity index (χ2n) is 6.90. The zero-order valence-electron chi connectivity index (χ0n) is 15.7. The molecule has 2 aromatic rings. The summed E-state index contributed by atoms with van der Waals surface area (Å²) < 4.78 is 32.4. The smallest absolute Gasteiger partial charge is 0.462 e. The van der Waals surface area contributed by atoms with Gasteiger partial charge in [-0.1, -0.05) is 48.0 Å². The highest BCUT2D eigenvalue weighted by atomic mass is 31.2. The molecule has 1 fully saturated rings. The number of aryl methyl sites for hydroxylation is 2. The second kappa shape index (κ2) is 7.31. The molecule has 0 amide bonds. The van der Waals surface area contributed by atoms with E-state index in [9.17, 15) is 4.57 Å². The molecule has 2 aromatic carbocycles. The van der Waals surface area contributed by atoms with Crippen LogP contribution in [0.25, 0.3) is 0 Å². The van der Waals surface area contributed by atoms with Crippen molar-refractivity contribution in [1.29, 1.82) is 5.26 Å². The van der Waals surface area contributed by atoms with Crippen molar-refractivity contribution in [3.05, 3.63) is 64.7 Å². The number of nitriles is 1. The van der Waals surface area contributed by atoms with Gasteiger partial charge in [0, 0.05) is 5.56 Å². The first kappa shape index (κ1) is 18.5. The maximum absolute atomic E-state index is 13.7. The Hall–Kier alpha value is -2.81. The minimum absolute atomic E-state index is 0.0278. The highest BCUT2D eigenvalue weighted by Crippen LogP contribution is 2.59. The molecule has 0 aromatic heterocycles. The van der Waals surface area contributed by atoms with Gasteiger partial charge >= 0.3 is 13.8 Å². The molecular weight excluding hydrogens is 377 g/mol. The van der Waals surface area contributed by atoms with E-state index < -0.39 is 7.75 Å². The van der Waals surface area contributed by atoms with Crippen molar-refractivity contribution in [3.8, 4) is 11.9 Å². The predicted molar refractivity (Wildman–Crippen MR) is 104 cm³/mol. The summed E-state index contributed by atoms with van der Waals surface area (Å²) in [5.74, 6) is 0.557. The van der Waals surface area contributed by atoms with Gasteiger partial charge in [-0.15, -0.1) is 4.99 Å². The molecular formula is C20H20N3O4P. The lowest BCUT2D eigenvalue weighted by molar-refractivity contribution is 0.194. The third-order valence-corrected chi connectivity index (χ3v) is 6.65. The van der Waals surface area contributed by atoms with Crippen molar-refractivity contribution in [2.75, 3.05) is 6.61 Å². The number of benzene rings is 2. The summed E-state index contributed by atoms with van der Waals surface area (Å²) in [6.07, 6.45) is 2.26. The number of rotatable bonds is 3. The first-order chi connectivity index (χ1) is 13.5. The zero-order chi connectivity index (χ0) is 19.7. The summed E-state index contributed by atoms with van der Waals surface area (Å²) in [6, 6.07) is 13.4. The van der Waals surface area contributed by atoms with Crippen LogP contribution in [0.1, 0.15) is 22.3 Å². The number of aliphatic imine (C=N–C) groups is 1. The van der Waals surface area contributed by atoms with Crippen LogP contribution < -0.4 is 4.52 Å². The van der Waals surface area contributed by atoms with Gasteiger partial charge in [-0.3, -0.25) is 4.52 Å². The third kappa shape index (κ3) is 3.37. The van der Waals surface area contributed by atoms with Crippen molar-refractivity contribution >= 4 is 13.8 Å². The van der Waals surface area contributed by atoms with Gasteiger partial charge in [0.25, 0.3) is 0 Å². The van der Waals surface area contributed by atoms with Crippen LogP contribution >= 0.6 is 7.75 Å². The normalized spacial score (nSPS) is 25.0. The molecule has 2 atom stereocenters. The van der Waals surface area contributed by atoms with E-state index in [4.69, 9.17) is 19.0 Å². The molecule has 7 nitrogen and oxygen atoms in total. The van der Waals surface area contributed by atoms with E-state index in [1.54, 1.807) is 6.19 Å². The number of amidine groups is 1. The molecule has 0 spiro atoms. The third-order valence-electron chi connectivity index (χ3n) is 4.76. The summed E-state index contributed by atoms with van der Waals surface area (Å²) >= 11 is 0. The van der Waals surface area contributed by atoms with E-state index in [2.05, 4.69) is 4.99 Å². The monoisotopic (exact) mass is 397 g/mol. The Morgan fingerprint density at radius 3 is 2.82 bits per heavy atom. The van der Waals surface area contributed by atoms with Gasteiger partial charge in [0.15, 0.2) is 0 Å². The van der Waals surface area contributed by atoms with Gasteiger partial charge in [-0.25, -0.2) is 9.24 Å². The van der Waals surface area contributed by atoms with Crippen molar-refractivity contribution in [1.82, 2.24) is 4.67 Å².